The molecule has 0 aliphatic heterocycles. The van der Waals surface area contributed by atoms with Crippen LogP contribution in [0.5, 0.6) is 5.75 Å². The second kappa shape index (κ2) is 5.62. The van der Waals surface area contributed by atoms with E-state index in [-0.39, 0.29) is 11.4 Å². The van der Waals surface area contributed by atoms with Crippen LogP contribution in [0.1, 0.15) is 10.4 Å². The molecule has 0 saturated carbocycles. The molecule has 0 bridgehead atoms. The highest BCUT2D eigenvalue weighted by Crippen LogP contribution is 2.24. The van der Waals surface area contributed by atoms with Crippen LogP contribution >= 0.6 is 0 Å². The SMILES string of the molecule is COC(=O)COc1ccc([N+](=O)[O-])cc1C(=O)O. The van der Waals surface area contributed by atoms with Crippen LogP contribution in [-0.2, 0) is 9.53 Å². The van der Waals surface area contributed by atoms with Gasteiger partial charge in [-0.1, -0.05) is 0 Å². The quantitative estimate of drug-likeness (QED) is 0.470. The number of carbonyl (C=O) groups excluding carboxylic acids is 1. The van der Waals surface area contributed by atoms with E-state index in [1.165, 1.54) is 0 Å². The zero-order valence-electron chi connectivity index (χ0n) is 9.28. The summed E-state index contributed by atoms with van der Waals surface area (Å²) in [4.78, 5) is 31.5. The van der Waals surface area contributed by atoms with Gasteiger partial charge in [0.2, 0.25) is 0 Å². The van der Waals surface area contributed by atoms with Crippen molar-refractivity contribution in [2.45, 2.75) is 0 Å². The number of rotatable bonds is 5. The molecule has 0 radical (unpaired) electrons. The molecule has 0 saturated heterocycles. The van der Waals surface area contributed by atoms with E-state index in [9.17, 15) is 19.7 Å². The number of carbonyl (C=O) groups is 2. The van der Waals surface area contributed by atoms with Gasteiger partial charge in [-0.2, -0.15) is 0 Å². The fourth-order valence-electron chi connectivity index (χ4n) is 1.12. The Morgan fingerprint density at radius 3 is 2.61 bits per heavy atom. The minimum Gasteiger partial charge on any atom is -0.481 e. The lowest BCUT2D eigenvalue weighted by molar-refractivity contribution is -0.384. The van der Waals surface area contributed by atoms with E-state index in [2.05, 4.69) is 4.74 Å². The van der Waals surface area contributed by atoms with Gasteiger partial charge in [0, 0.05) is 12.1 Å². The van der Waals surface area contributed by atoms with E-state index < -0.39 is 29.0 Å². The van der Waals surface area contributed by atoms with Gasteiger partial charge in [-0.15, -0.1) is 0 Å². The summed E-state index contributed by atoms with van der Waals surface area (Å²) in [5.41, 5.74) is -0.772. The predicted molar refractivity (Wildman–Crippen MR) is 57.6 cm³/mol. The van der Waals surface area contributed by atoms with Crippen molar-refractivity contribution in [2.75, 3.05) is 13.7 Å². The molecule has 0 aliphatic carbocycles. The largest absolute Gasteiger partial charge is 0.481 e. The van der Waals surface area contributed by atoms with E-state index in [0.29, 0.717) is 0 Å². The fourth-order valence-corrected chi connectivity index (χ4v) is 1.12. The monoisotopic (exact) mass is 255 g/mol. The molecular weight excluding hydrogens is 246 g/mol. The van der Waals surface area contributed by atoms with Crippen LogP contribution < -0.4 is 4.74 Å². The molecule has 0 unspecified atom stereocenters. The third-order valence-corrected chi connectivity index (χ3v) is 1.98. The summed E-state index contributed by atoms with van der Waals surface area (Å²) in [5, 5.41) is 19.4. The van der Waals surface area contributed by atoms with Crippen LogP contribution in [0.25, 0.3) is 0 Å². The molecule has 0 atom stereocenters. The van der Waals surface area contributed by atoms with Gasteiger partial charge in [-0.3, -0.25) is 10.1 Å². The van der Waals surface area contributed by atoms with Crippen LogP contribution in [-0.4, -0.2) is 35.7 Å². The van der Waals surface area contributed by atoms with Crippen LogP contribution in [0.3, 0.4) is 0 Å². The van der Waals surface area contributed by atoms with Crippen molar-refractivity contribution in [1.29, 1.82) is 0 Å². The van der Waals surface area contributed by atoms with Gasteiger partial charge < -0.3 is 14.6 Å². The Bertz CT molecular complexity index is 497. The minimum atomic E-state index is -1.39. The van der Waals surface area contributed by atoms with Gasteiger partial charge in [0.15, 0.2) is 6.61 Å². The Morgan fingerprint density at radius 2 is 2.11 bits per heavy atom. The van der Waals surface area contributed by atoms with Crippen LogP contribution in [0.2, 0.25) is 0 Å². The summed E-state index contributed by atoms with van der Waals surface area (Å²) in [5.74, 6) is -2.22. The van der Waals surface area contributed by atoms with Gasteiger partial charge in [0.05, 0.1) is 12.0 Å². The van der Waals surface area contributed by atoms with Crippen LogP contribution in [0.15, 0.2) is 18.2 Å². The molecule has 0 aliphatic rings. The van der Waals surface area contributed by atoms with Gasteiger partial charge in [-0.25, -0.2) is 9.59 Å². The van der Waals surface area contributed by atoms with E-state index in [4.69, 9.17) is 9.84 Å². The first kappa shape index (κ1) is 13.4. The topological polar surface area (TPSA) is 116 Å². The normalized spacial score (nSPS) is 9.61. The number of nitro benzene ring substituents is 1. The lowest BCUT2D eigenvalue weighted by Crippen LogP contribution is -2.14. The number of esters is 1. The van der Waals surface area contributed by atoms with Crippen molar-refractivity contribution in [3.63, 3.8) is 0 Å². The summed E-state index contributed by atoms with van der Waals surface area (Å²) in [6, 6.07) is 3.05. The third kappa shape index (κ3) is 3.17. The molecule has 8 heteroatoms. The lowest BCUT2D eigenvalue weighted by atomic mass is 10.2. The van der Waals surface area contributed by atoms with E-state index in [1.54, 1.807) is 0 Å². The molecule has 1 rings (SSSR count). The third-order valence-electron chi connectivity index (χ3n) is 1.98. The minimum absolute atomic E-state index is 0.140. The first-order chi connectivity index (χ1) is 8.45. The molecule has 8 nitrogen and oxygen atoms in total. The molecule has 1 N–H and O–H groups in total. The maximum Gasteiger partial charge on any atom is 0.343 e. The number of nitrogens with zero attached hydrogens (tertiary/aromatic N) is 1. The number of non-ortho nitro benzene ring substituents is 1. The summed E-state index contributed by atoms with van der Waals surface area (Å²) < 4.78 is 9.22. The van der Waals surface area contributed by atoms with Crippen molar-refractivity contribution < 1.29 is 29.1 Å². The first-order valence-corrected chi connectivity index (χ1v) is 4.67. The highest BCUT2D eigenvalue weighted by atomic mass is 16.6. The molecule has 1 aromatic rings. The molecule has 0 fully saturated rings. The number of benzene rings is 1. The molecule has 0 spiro atoms. The highest BCUT2D eigenvalue weighted by molar-refractivity contribution is 5.91. The average molecular weight is 255 g/mol. The molecule has 0 aromatic heterocycles. The smallest absolute Gasteiger partial charge is 0.343 e. The maximum atomic E-state index is 10.9. The van der Waals surface area contributed by atoms with E-state index in [1.807, 2.05) is 0 Å². The van der Waals surface area contributed by atoms with Crippen molar-refractivity contribution in [1.82, 2.24) is 0 Å². The number of ether oxygens (including phenoxy) is 2. The van der Waals surface area contributed by atoms with E-state index in [0.717, 1.165) is 25.3 Å². The lowest BCUT2D eigenvalue weighted by Gasteiger charge is -2.07. The molecule has 0 heterocycles. The Labute approximate surface area is 101 Å². The molecule has 18 heavy (non-hydrogen) atoms. The molecule has 1 aromatic carbocycles. The zero-order chi connectivity index (χ0) is 13.7. The van der Waals surface area contributed by atoms with Gasteiger partial charge >= 0.3 is 11.9 Å². The number of methoxy groups -OCH3 is 1. The van der Waals surface area contributed by atoms with Gasteiger partial charge in [0.25, 0.3) is 5.69 Å². The van der Waals surface area contributed by atoms with E-state index >= 15 is 0 Å². The predicted octanol–water partition coefficient (Wildman–Crippen LogP) is 0.845. The standard InChI is InChI=1S/C10H9NO7/c1-17-9(12)5-18-8-3-2-6(11(15)16)4-7(8)10(13)14/h2-4H,5H2,1H3,(H,13,14). The Kier molecular flexibility index (Phi) is 4.19. The number of carboxylic acid groups (broad SMARTS) is 1. The summed E-state index contributed by atoms with van der Waals surface area (Å²) >= 11 is 0. The van der Waals surface area contributed by atoms with Crippen molar-refractivity contribution in [3.8, 4) is 5.75 Å². The molecule has 0 amide bonds. The number of hydrogen-bond donors (Lipinski definition) is 1. The maximum absolute atomic E-state index is 10.9. The summed E-state index contributed by atoms with van der Waals surface area (Å²) in [6.45, 7) is -0.478. The van der Waals surface area contributed by atoms with Crippen molar-refractivity contribution >= 4 is 17.6 Å². The second-order valence-electron chi connectivity index (χ2n) is 3.11. The van der Waals surface area contributed by atoms with Crippen molar-refractivity contribution in [2.24, 2.45) is 0 Å². The molecule has 96 valence electrons. The first-order valence-electron chi connectivity index (χ1n) is 4.67. The summed E-state index contributed by atoms with van der Waals surface area (Å²) in [7, 11) is 1.15. The Hall–Kier alpha value is -2.64. The fraction of sp³-hybridized carbons (Fsp3) is 0.200. The second-order valence-corrected chi connectivity index (χ2v) is 3.11. The van der Waals surface area contributed by atoms with Crippen molar-refractivity contribution in [3.05, 3.63) is 33.9 Å². The Balaban J connectivity index is 3.00. The Morgan fingerprint density at radius 1 is 1.44 bits per heavy atom. The molecular formula is C10H9NO7. The average Bonchev–Trinajstić information content (AvgIpc) is 2.35. The zero-order valence-corrected chi connectivity index (χ0v) is 9.28. The van der Waals surface area contributed by atoms with Crippen LogP contribution in [0, 0.1) is 10.1 Å². The number of aromatic carboxylic acids is 1. The number of nitro groups is 1. The van der Waals surface area contributed by atoms with Gasteiger partial charge in [-0.05, 0) is 6.07 Å². The van der Waals surface area contributed by atoms with Gasteiger partial charge in [0.1, 0.15) is 11.3 Å². The van der Waals surface area contributed by atoms with Crippen LogP contribution in [0.4, 0.5) is 5.69 Å². The number of hydrogen-bond acceptors (Lipinski definition) is 6. The highest BCUT2D eigenvalue weighted by Gasteiger charge is 2.17. The summed E-state index contributed by atoms with van der Waals surface area (Å²) in [6.07, 6.45) is 0. The number of carboxylic acids is 1.